The van der Waals surface area contributed by atoms with Gasteiger partial charge in [-0.05, 0) is 18.2 Å². The Kier molecular flexibility index (Phi) is 4.87. The van der Waals surface area contributed by atoms with Crippen molar-refractivity contribution in [3.05, 3.63) is 22.7 Å². The van der Waals surface area contributed by atoms with Gasteiger partial charge in [-0.2, -0.15) is 0 Å². The van der Waals surface area contributed by atoms with Crippen molar-refractivity contribution in [1.29, 1.82) is 0 Å². The Labute approximate surface area is 97.4 Å². The first-order valence-electron chi connectivity index (χ1n) is 4.70. The van der Waals surface area contributed by atoms with Gasteiger partial charge in [-0.25, -0.2) is 0 Å². The molecule has 84 valence electrons. The van der Waals surface area contributed by atoms with E-state index in [0.717, 1.165) is 10.2 Å². The highest BCUT2D eigenvalue weighted by Crippen LogP contribution is 2.26. The number of aliphatic hydroxyl groups excluding tert-OH is 2. The predicted molar refractivity (Wildman–Crippen MR) is 64.9 cm³/mol. The summed E-state index contributed by atoms with van der Waals surface area (Å²) < 4.78 is 0.924. The smallest absolute Gasteiger partial charge is 0.0612 e. The van der Waals surface area contributed by atoms with Crippen LogP contribution in [0.1, 0.15) is 0 Å². The van der Waals surface area contributed by atoms with E-state index in [0.29, 0.717) is 18.8 Å². The molecular weight excluding hydrogens is 260 g/mol. The lowest BCUT2D eigenvalue weighted by Crippen LogP contribution is -2.30. The number of benzene rings is 1. The molecule has 0 heterocycles. The molecule has 0 aromatic heterocycles. The molecule has 4 N–H and O–H groups in total. The van der Waals surface area contributed by atoms with Crippen LogP contribution in [0.15, 0.2) is 22.7 Å². The summed E-state index contributed by atoms with van der Waals surface area (Å²) in [5, 5.41) is 17.8. The molecule has 0 aliphatic heterocycles. The summed E-state index contributed by atoms with van der Waals surface area (Å²) in [5.41, 5.74) is 7.29. The maximum Gasteiger partial charge on any atom is 0.0612 e. The molecule has 4 nitrogen and oxygen atoms in total. The van der Waals surface area contributed by atoms with Crippen LogP contribution < -0.4 is 10.6 Å². The lowest BCUT2D eigenvalue weighted by Gasteiger charge is -2.24. The maximum atomic E-state index is 8.91. The van der Waals surface area contributed by atoms with Crippen LogP contribution in [0.5, 0.6) is 0 Å². The van der Waals surface area contributed by atoms with Crippen LogP contribution in [0.3, 0.4) is 0 Å². The van der Waals surface area contributed by atoms with Crippen LogP contribution in [0.4, 0.5) is 11.4 Å². The van der Waals surface area contributed by atoms with E-state index in [4.69, 9.17) is 15.9 Å². The Balaban J connectivity index is 2.93. The fraction of sp³-hybridized carbons (Fsp3) is 0.400. The van der Waals surface area contributed by atoms with Gasteiger partial charge in [-0.1, -0.05) is 15.9 Å². The van der Waals surface area contributed by atoms with E-state index in [1.807, 2.05) is 17.0 Å². The van der Waals surface area contributed by atoms with E-state index in [1.54, 1.807) is 6.07 Å². The minimum absolute atomic E-state index is 0.0337. The maximum absolute atomic E-state index is 8.91. The molecule has 1 aromatic rings. The third-order valence-electron chi connectivity index (χ3n) is 2.07. The molecule has 15 heavy (non-hydrogen) atoms. The number of anilines is 2. The van der Waals surface area contributed by atoms with Crippen molar-refractivity contribution in [3.63, 3.8) is 0 Å². The van der Waals surface area contributed by atoms with Gasteiger partial charge >= 0.3 is 0 Å². The SMILES string of the molecule is Nc1ccc(Br)cc1N(CCO)CCO. The molecule has 0 aliphatic rings. The average Bonchev–Trinajstić information content (AvgIpc) is 2.21. The van der Waals surface area contributed by atoms with E-state index in [1.165, 1.54) is 0 Å². The van der Waals surface area contributed by atoms with Crippen molar-refractivity contribution in [2.45, 2.75) is 0 Å². The highest BCUT2D eigenvalue weighted by atomic mass is 79.9. The summed E-state index contributed by atoms with van der Waals surface area (Å²) in [7, 11) is 0. The molecule has 0 amide bonds. The number of nitrogens with zero attached hydrogens (tertiary/aromatic N) is 1. The Morgan fingerprint density at radius 2 is 1.80 bits per heavy atom. The lowest BCUT2D eigenvalue weighted by atomic mass is 10.2. The summed E-state index contributed by atoms with van der Waals surface area (Å²) in [6, 6.07) is 5.52. The summed E-state index contributed by atoms with van der Waals surface area (Å²) in [4.78, 5) is 1.85. The van der Waals surface area contributed by atoms with Gasteiger partial charge in [-0.15, -0.1) is 0 Å². The molecule has 0 spiro atoms. The minimum Gasteiger partial charge on any atom is -0.397 e. The van der Waals surface area contributed by atoms with Gasteiger partial charge in [-0.3, -0.25) is 0 Å². The van der Waals surface area contributed by atoms with E-state index < -0.39 is 0 Å². The van der Waals surface area contributed by atoms with Gasteiger partial charge in [0.05, 0.1) is 24.6 Å². The van der Waals surface area contributed by atoms with Gasteiger partial charge in [0.15, 0.2) is 0 Å². The third kappa shape index (κ3) is 3.37. The van der Waals surface area contributed by atoms with Crippen molar-refractivity contribution in [3.8, 4) is 0 Å². The number of nitrogen functional groups attached to an aromatic ring is 1. The van der Waals surface area contributed by atoms with Crippen LogP contribution in [-0.2, 0) is 0 Å². The molecule has 0 saturated heterocycles. The largest absolute Gasteiger partial charge is 0.397 e. The van der Waals surface area contributed by atoms with Crippen molar-refractivity contribution in [2.75, 3.05) is 36.9 Å². The number of halogens is 1. The van der Waals surface area contributed by atoms with Crippen LogP contribution in [0.2, 0.25) is 0 Å². The summed E-state index contributed by atoms with van der Waals surface area (Å²) in [6.45, 7) is 0.986. The second kappa shape index (κ2) is 5.95. The first-order chi connectivity index (χ1) is 7.19. The second-order valence-electron chi connectivity index (χ2n) is 3.14. The van der Waals surface area contributed by atoms with Gasteiger partial charge in [0, 0.05) is 17.6 Å². The first kappa shape index (κ1) is 12.3. The molecule has 0 atom stereocenters. The fourth-order valence-electron chi connectivity index (χ4n) is 1.38. The Hall–Kier alpha value is -0.780. The monoisotopic (exact) mass is 274 g/mol. The van der Waals surface area contributed by atoms with Crippen molar-refractivity contribution in [1.82, 2.24) is 0 Å². The second-order valence-corrected chi connectivity index (χ2v) is 4.05. The van der Waals surface area contributed by atoms with Crippen LogP contribution >= 0.6 is 15.9 Å². The Bertz CT molecular complexity index is 314. The van der Waals surface area contributed by atoms with E-state index in [2.05, 4.69) is 15.9 Å². The molecule has 0 radical (unpaired) electrons. The zero-order valence-electron chi connectivity index (χ0n) is 8.36. The van der Waals surface area contributed by atoms with Crippen molar-refractivity contribution >= 4 is 27.3 Å². The number of rotatable bonds is 5. The third-order valence-corrected chi connectivity index (χ3v) is 2.57. The van der Waals surface area contributed by atoms with Crippen LogP contribution in [-0.4, -0.2) is 36.5 Å². The molecule has 0 aliphatic carbocycles. The van der Waals surface area contributed by atoms with Gasteiger partial charge < -0.3 is 20.8 Å². The zero-order chi connectivity index (χ0) is 11.3. The summed E-state index contributed by atoms with van der Waals surface area (Å²) in [6.07, 6.45) is 0. The van der Waals surface area contributed by atoms with Crippen LogP contribution in [0.25, 0.3) is 0 Å². The average molecular weight is 275 g/mol. The normalized spacial score (nSPS) is 10.3. The molecule has 0 unspecified atom stereocenters. The minimum atomic E-state index is 0.0337. The highest BCUT2D eigenvalue weighted by molar-refractivity contribution is 9.10. The van der Waals surface area contributed by atoms with E-state index in [9.17, 15) is 0 Å². The topological polar surface area (TPSA) is 69.7 Å². The molecule has 0 bridgehead atoms. The van der Waals surface area contributed by atoms with Gasteiger partial charge in [0.1, 0.15) is 0 Å². The van der Waals surface area contributed by atoms with Crippen LogP contribution in [0, 0.1) is 0 Å². The number of nitrogens with two attached hydrogens (primary N) is 1. The quantitative estimate of drug-likeness (QED) is 0.696. The summed E-state index contributed by atoms with van der Waals surface area (Å²) >= 11 is 3.36. The molecule has 1 rings (SSSR count). The van der Waals surface area contributed by atoms with Crippen molar-refractivity contribution in [2.24, 2.45) is 0 Å². The molecular formula is C10H15BrN2O2. The van der Waals surface area contributed by atoms with E-state index >= 15 is 0 Å². The molecule has 0 saturated carbocycles. The first-order valence-corrected chi connectivity index (χ1v) is 5.50. The molecule has 1 aromatic carbocycles. The molecule has 0 fully saturated rings. The molecule has 5 heteroatoms. The van der Waals surface area contributed by atoms with Gasteiger partial charge in [0.2, 0.25) is 0 Å². The number of hydrogen-bond donors (Lipinski definition) is 3. The standard InChI is InChI=1S/C10H15BrN2O2/c11-8-1-2-9(12)10(7-8)13(3-5-14)4-6-15/h1-2,7,14-15H,3-6,12H2. The summed E-state index contributed by atoms with van der Waals surface area (Å²) in [5.74, 6) is 0. The Morgan fingerprint density at radius 3 is 2.33 bits per heavy atom. The zero-order valence-corrected chi connectivity index (χ0v) is 9.94. The van der Waals surface area contributed by atoms with Crippen molar-refractivity contribution < 1.29 is 10.2 Å². The number of aliphatic hydroxyl groups is 2. The lowest BCUT2D eigenvalue weighted by molar-refractivity contribution is 0.281. The highest BCUT2D eigenvalue weighted by Gasteiger charge is 2.09. The van der Waals surface area contributed by atoms with Gasteiger partial charge in [0.25, 0.3) is 0 Å². The fourth-order valence-corrected chi connectivity index (χ4v) is 1.73. The Morgan fingerprint density at radius 1 is 1.20 bits per heavy atom. The predicted octanol–water partition coefficient (Wildman–Crippen LogP) is 0.822. The number of hydrogen-bond acceptors (Lipinski definition) is 4. The van der Waals surface area contributed by atoms with E-state index in [-0.39, 0.29) is 13.2 Å².